The van der Waals surface area contributed by atoms with Crippen molar-refractivity contribution in [3.05, 3.63) is 34.1 Å². The van der Waals surface area contributed by atoms with Gasteiger partial charge in [-0.25, -0.2) is 4.39 Å². The molecule has 0 spiro atoms. The van der Waals surface area contributed by atoms with E-state index in [2.05, 4.69) is 17.1 Å². The molecule has 0 radical (unpaired) electrons. The highest BCUT2D eigenvalue weighted by Crippen LogP contribution is 2.26. The van der Waals surface area contributed by atoms with Crippen molar-refractivity contribution in [3.63, 3.8) is 0 Å². The first-order valence-corrected chi connectivity index (χ1v) is 6.53. The van der Waals surface area contributed by atoms with Crippen molar-refractivity contribution in [2.75, 3.05) is 25.0 Å². The first-order chi connectivity index (χ1) is 9.10. The Hall–Kier alpha value is -1.69. The van der Waals surface area contributed by atoms with E-state index in [0.717, 1.165) is 19.2 Å². The largest absolute Gasteiger partial charge is 0.383 e. The van der Waals surface area contributed by atoms with Crippen LogP contribution >= 0.6 is 0 Å². The van der Waals surface area contributed by atoms with Crippen LogP contribution in [0.4, 0.5) is 15.8 Å². The van der Waals surface area contributed by atoms with E-state index in [0.29, 0.717) is 18.3 Å². The number of non-ortho nitro benzene ring substituents is 1. The summed E-state index contributed by atoms with van der Waals surface area (Å²) < 4.78 is 13.2. The number of hydrogen-bond acceptors (Lipinski definition) is 4. The molecule has 2 rings (SSSR count). The van der Waals surface area contributed by atoms with Crippen LogP contribution in [-0.4, -0.2) is 35.5 Å². The summed E-state index contributed by atoms with van der Waals surface area (Å²) >= 11 is 0. The fraction of sp³-hybridized carbons (Fsp3) is 0.538. The quantitative estimate of drug-likeness (QED) is 0.609. The number of nitro groups is 1. The summed E-state index contributed by atoms with van der Waals surface area (Å²) in [4.78, 5) is 12.4. The summed E-state index contributed by atoms with van der Waals surface area (Å²) in [5.74, 6) is -0.591. The summed E-state index contributed by atoms with van der Waals surface area (Å²) in [6.45, 7) is 4.64. The molecular weight excluding hydrogens is 249 g/mol. The van der Waals surface area contributed by atoms with Gasteiger partial charge in [-0.05, 0) is 25.5 Å². The van der Waals surface area contributed by atoms with Gasteiger partial charge in [-0.3, -0.25) is 15.0 Å². The number of rotatable bonds is 7. The second-order valence-electron chi connectivity index (χ2n) is 4.74. The van der Waals surface area contributed by atoms with E-state index in [1.165, 1.54) is 25.0 Å². The van der Waals surface area contributed by atoms with E-state index < -0.39 is 10.7 Å². The Balaban J connectivity index is 1.89. The first-order valence-electron chi connectivity index (χ1n) is 6.53. The third kappa shape index (κ3) is 3.89. The number of halogens is 1. The Labute approximate surface area is 111 Å². The Morgan fingerprint density at radius 2 is 2.21 bits per heavy atom. The molecule has 1 aromatic rings. The van der Waals surface area contributed by atoms with Crippen molar-refractivity contribution in [1.29, 1.82) is 0 Å². The van der Waals surface area contributed by atoms with E-state index in [-0.39, 0.29) is 5.69 Å². The van der Waals surface area contributed by atoms with Gasteiger partial charge in [0.2, 0.25) is 0 Å². The normalized spacial score (nSPS) is 14.7. The zero-order chi connectivity index (χ0) is 13.8. The van der Waals surface area contributed by atoms with Crippen LogP contribution in [0.3, 0.4) is 0 Å². The second kappa shape index (κ2) is 5.97. The average Bonchev–Trinajstić information content (AvgIpc) is 3.18. The highest BCUT2D eigenvalue weighted by molar-refractivity contribution is 5.51. The lowest BCUT2D eigenvalue weighted by molar-refractivity contribution is -0.385. The van der Waals surface area contributed by atoms with Gasteiger partial charge in [0.1, 0.15) is 5.82 Å². The Kier molecular flexibility index (Phi) is 4.31. The smallest absolute Gasteiger partial charge is 0.274 e. The topological polar surface area (TPSA) is 58.4 Å². The molecule has 0 aromatic heterocycles. The lowest BCUT2D eigenvalue weighted by Gasteiger charge is -2.20. The Morgan fingerprint density at radius 3 is 2.79 bits per heavy atom. The summed E-state index contributed by atoms with van der Waals surface area (Å²) in [5, 5.41) is 13.7. The lowest BCUT2D eigenvalue weighted by Crippen LogP contribution is -2.30. The second-order valence-corrected chi connectivity index (χ2v) is 4.74. The number of hydrogen-bond donors (Lipinski definition) is 1. The zero-order valence-electron chi connectivity index (χ0n) is 10.9. The maximum absolute atomic E-state index is 13.2. The zero-order valence-corrected chi connectivity index (χ0v) is 10.9. The Bertz CT molecular complexity index is 463. The molecule has 1 saturated carbocycles. The van der Waals surface area contributed by atoms with Crippen molar-refractivity contribution in [2.24, 2.45) is 0 Å². The van der Waals surface area contributed by atoms with Crippen LogP contribution in [-0.2, 0) is 0 Å². The first kappa shape index (κ1) is 13.7. The number of anilines is 1. The van der Waals surface area contributed by atoms with Gasteiger partial charge < -0.3 is 5.32 Å². The van der Waals surface area contributed by atoms with E-state index in [1.807, 2.05) is 0 Å². The van der Waals surface area contributed by atoms with Crippen LogP contribution in [0.5, 0.6) is 0 Å². The molecule has 0 saturated heterocycles. The predicted octanol–water partition coefficient (Wildman–Crippen LogP) is 2.63. The molecular formula is C13H18FN3O2. The van der Waals surface area contributed by atoms with Gasteiger partial charge in [0.25, 0.3) is 5.69 Å². The van der Waals surface area contributed by atoms with Gasteiger partial charge in [-0.1, -0.05) is 6.92 Å². The molecule has 0 unspecified atom stereocenters. The molecule has 0 aliphatic heterocycles. The van der Waals surface area contributed by atoms with Gasteiger partial charge in [-0.2, -0.15) is 0 Å². The molecule has 1 aromatic carbocycles. The number of nitro benzene ring substituents is 1. The average molecular weight is 267 g/mol. The lowest BCUT2D eigenvalue weighted by atomic mass is 10.2. The third-order valence-corrected chi connectivity index (χ3v) is 3.29. The van der Waals surface area contributed by atoms with E-state index in [4.69, 9.17) is 0 Å². The van der Waals surface area contributed by atoms with Gasteiger partial charge >= 0.3 is 0 Å². The fourth-order valence-electron chi connectivity index (χ4n) is 2.16. The molecule has 104 valence electrons. The highest BCUT2D eigenvalue weighted by Gasteiger charge is 2.27. The van der Waals surface area contributed by atoms with Gasteiger partial charge in [0, 0.05) is 30.9 Å². The number of nitrogens with zero attached hydrogens (tertiary/aromatic N) is 2. The highest BCUT2D eigenvalue weighted by atomic mass is 19.1. The number of likely N-dealkylation sites (N-methyl/N-ethyl adjacent to an activating group) is 1. The molecule has 19 heavy (non-hydrogen) atoms. The van der Waals surface area contributed by atoms with Crippen molar-refractivity contribution in [1.82, 2.24) is 4.90 Å². The summed E-state index contributed by atoms with van der Waals surface area (Å²) in [7, 11) is 0. The molecule has 0 atom stereocenters. The third-order valence-electron chi connectivity index (χ3n) is 3.29. The van der Waals surface area contributed by atoms with Crippen LogP contribution in [0.25, 0.3) is 0 Å². The summed E-state index contributed by atoms with van der Waals surface area (Å²) in [6, 6.07) is 4.25. The summed E-state index contributed by atoms with van der Waals surface area (Å²) in [6.07, 6.45) is 2.50. The monoisotopic (exact) mass is 267 g/mol. The van der Waals surface area contributed by atoms with Gasteiger partial charge in [0.15, 0.2) is 0 Å². The van der Waals surface area contributed by atoms with E-state index in [1.54, 1.807) is 0 Å². The molecule has 0 heterocycles. The van der Waals surface area contributed by atoms with Crippen LogP contribution in [0.2, 0.25) is 0 Å². The molecule has 0 bridgehead atoms. The molecule has 1 aliphatic carbocycles. The van der Waals surface area contributed by atoms with Crippen molar-refractivity contribution in [2.45, 2.75) is 25.8 Å². The molecule has 6 heteroatoms. The van der Waals surface area contributed by atoms with Crippen molar-refractivity contribution >= 4 is 11.4 Å². The van der Waals surface area contributed by atoms with Crippen LogP contribution in [0, 0.1) is 15.9 Å². The molecule has 1 aliphatic rings. The SMILES string of the molecule is CCN(CCNc1cc(F)cc([N+](=O)[O-])c1)C1CC1. The Morgan fingerprint density at radius 1 is 1.47 bits per heavy atom. The molecule has 0 amide bonds. The minimum absolute atomic E-state index is 0.225. The van der Waals surface area contributed by atoms with E-state index in [9.17, 15) is 14.5 Å². The maximum Gasteiger partial charge on any atom is 0.274 e. The molecule has 1 fully saturated rings. The maximum atomic E-state index is 13.2. The minimum Gasteiger partial charge on any atom is -0.383 e. The van der Waals surface area contributed by atoms with Crippen LogP contribution in [0.1, 0.15) is 19.8 Å². The number of nitrogens with one attached hydrogen (secondary N) is 1. The van der Waals surface area contributed by atoms with E-state index >= 15 is 0 Å². The predicted molar refractivity (Wildman–Crippen MR) is 71.8 cm³/mol. The van der Waals surface area contributed by atoms with Crippen LogP contribution in [0.15, 0.2) is 18.2 Å². The minimum atomic E-state index is -0.591. The van der Waals surface area contributed by atoms with Crippen LogP contribution < -0.4 is 5.32 Å². The van der Waals surface area contributed by atoms with Crippen molar-refractivity contribution in [3.8, 4) is 0 Å². The number of benzene rings is 1. The van der Waals surface area contributed by atoms with Gasteiger partial charge in [-0.15, -0.1) is 0 Å². The molecule has 1 N–H and O–H groups in total. The van der Waals surface area contributed by atoms with Gasteiger partial charge in [0.05, 0.1) is 11.0 Å². The van der Waals surface area contributed by atoms with Crippen molar-refractivity contribution < 1.29 is 9.31 Å². The summed E-state index contributed by atoms with van der Waals surface area (Å²) in [5.41, 5.74) is 0.232. The fourth-order valence-corrected chi connectivity index (χ4v) is 2.16. The standard InChI is InChI=1S/C13H18FN3O2/c1-2-16(12-3-4-12)6-5-15-11-7-10(14)8-13(9-11)17(18)19/h7-9,12,15H,2-6H2,1H3. The molecule has 5 nitrogen and oxygen atoms in total.